The van der Waals surface area contributed by atoms with Crippen molar-refractivity contribution in [2.45, 2.75) is 172 Å². The third-order valence-corrected chi connectivity index (χ3v) is 8.05. The Hall–Kier alpha value is -0.200. The number of hydrogen-bond donors (Lipinski definition) is 1. The van der Waals surface area contributed by atoms with Crippen molar-refractivity contribution in [3.8, 4) is 0 Å². The Labute approximate surface area is 209 Å². The van der Waals surface area contributed by atoms with Gasteiger partial charge in [0, 0.05) is 19.4 Å². The summed E-state index contributed by atoms with van der Waals surface area (Å²) in [6.07, 6.45) is 26.2. The third-order valence-electron chi connectivity index (χ3n) is 8.05. The highest BCUT2D eigenvalue weighted by molar-refractivity contribution is 4.96. The first-order chi connectivity index (χ1) is 16.8. The molecule has 0 unspecified atom stereocenters. The molecule has 2 saturated heterocycles. The fourth-order valence-electron chi connectivity index (χ4n) is 5.94. The summed E-state index contributed by atoms with van der Waals surface area (Å²) in [7, 11) is 0. The van der Waals surface area contributed by atoms with Gasteiger partial charge in [-0.3, -0.25) is 0 Å². The molecule has 0 aromatic carbocycles. The van der Waals surface area contributed by atoms with Crippen LogP contribution in [0.1, 0.15) is 142 Å². The van der Waals surface area contributed by atoms with E-state index in [1.807, 2.05) is 0 Å². The summed E-state index contributed by atoms with van der Waals surface area (Å²) in [6.45, 7) is 2.95. The first-order valence-corrected chi connectivity index (χ1v) is 15.0. The van der Waals surface area contributed by atoms with Crippen molar-refractivity contribution in [1.82, 2.24) is 0 Å². The van der Waals surface area contributed by atoms with Gasteiger partial charge in [0.05, 0.1) is 6.61 Å². The van der Waals surface area contributed by atoms with Crippen LogP contribution in [0.4, 0.5) is 0 Å². The number of aliphatic hydroxyl groups is 1. The fourth-order valence-corrected chi connectivity index (χ4v) is 5.94. The summed E-state index contributed by atoms with van der Waals surface area (Å²) in [5.74, 6) is -0.468. The standard InChI is InChI=1S/C29H54O5/c1-2-3-4-5-6-7-8-9-10-11-12-13-14-15-16-20-23-31-26-25(24-30)32-28-27(26)33-29(34-28)21-18-17-19-22-29/h25-28,30H,2-24H2,1H3/t25-,26-,27-,28-/m1/s1. The summed E-state index contributed by atoms with van der Waals surface area (Å²) in [5.41, 5.74) is 0. The predicted octanol–water partition coefficient (Wildman–Crippen LogP) is 7.43. The Balaban J connectivity index is 1.13. The van der Waals surface area contributed by atoms with Crippen molar-refractivity contribution < 1.29 is 24.1 Å². The van der Waals surface area contributed by atoms with Gasteiger partial charge in [-0.25, -0.2) is 0 Å². The molecule has 34 heavy (non-hydrogen) atoms. The van der Waals surface area contributed by atoms with Crippen LogP contribution in [0.15, 0.2) is 0 Å². The zero-order chi connectivity index (χ0) is 23.9. The van der Waals surface area contributed by atoms with Crippen LogP contribution in [0.5, 0.6) is 0 Å². The molecule has 2 aliphatic heterocycles. The van der Waals surface area contributed by atoms with Gasteiger partial charge in [0.2, 0.25) is 0 Å². The molecule has 0 aromatic heterocycles. The molecular formula is C29H54O5. The number of fused-ring (bicyclic) bond motifs is 1. The Morgan fingerprint density at radius 3 is 1.76 bits per heavy atom. The number of rotatable bonds is 19. The molecule has 5 nitrogen and oxygen atoms in total. The van der Waals surface area contributed by atoms with Crippen LogP contribution in [0.25, 0.3) is 0 Å². The van der Waals surface area contributed by atoms with Crippen LogP contribution in [0.2, 0.25) is 0 Å². The molecule has 4 atom stereocenters. The molecule has 1 aliphatic carbocycles. The largest absolute Gasteiger partial charge is 0.394 e. The van der Waals surface area contributed by atoms with Gasteiger partial charge in [0.15, 0.2) is 12.1 Å². The first-order valence-electron chi connectivity index (χ1n) is 15.0. The van der Waals surface area contributed by atoms with Crippen molar-refractivity contribution >= 4 is 0 Å². The summed E-state index contributed by atoms with van der Waals surface area (Å²) >= 11 is 0. The number of aliphatic hydroxyl groups excluding tert-OH is 1. The monoisotopic (exact) mass is 482 g/mol. The van der Waals surface area contributed by atoms with Crippen LogP contribution in [0.3, 0.4) is 0 Å². The molecule has 1 N–H and O–H groups in total. The van der Waals surface area contributed by atoms with Crippen LogP contribution in [-0.2, 0) is 18.9 Å². The minimum atomic E-state index is -0.468. The minimum Gasteiger partial charge on any atom is -0.394 e. The molecular weight excluding hydrogens is 428 g/mol. The Bertz CT molecular complexity index is 507. The molecule has 0 amide bonds. The summed E-state index contributed by atoms with van der Waals surface area (Å²) < 4.78 is 24.7. The van der Waals surface area contributed by atoms with E-state index in [0.29, 0.717) is 6.61 Å². The van der Waals surface area contributed by atoms with Gasteiger partial charge in [0.1, 0.15) is 18.3 Å². The number of unbranched alkanes of at least 4 members (excludes halogenated alkanes) is 15. The lowest BCUT2D eigenvalue weighted by molar-refractivity contribution is -0.250. The molecule has 0 radical (unpaired) electrons. The molecule has 200 valence electrons. The van der Waals surface area contributed by atoms with E-state index >= 15 is 0 Å². The maximum atomic E-state index is 9.72. The van der Waals surface area contributed by atoms with E-state index in [0.717, 1.165) is 32.1 Å². The fraction of sp³-hybridized carbons (Fsp3) is 1.00. The highest BCUT2D eigenvalue weighted by Gasteiger charge is 2.58. The second kappa shape index (κ2) is 16.5. The molecule has 1 spiro atoms. The van der Waals surface area contributed by atoms with E-state index in [1.54, 1.807) is 0 Å². The van der Waals surface area contributed by atoms with Gasteiger partial charge < -0.3 is 24.1 Å². The molecule has 1 saturated carbocycles. The second-order valence-corrected chi connectivity index (χ2v) is 11.0. The molecule has 5 heteroatoms. The highest BCUT2D eigenvalue weighted by atomic mass is 16.8. The van der Waals surface area contributed by atoms with Crippen molar-refractivity contribution in [2.75, 3.05) is 13.2 Å². The minimum absolute atomic E-state index is 0.0453. The number of ether oxygens (including phenoxy) is 4. The predicted molar refractivity (Wildman–Crippen MR) is 137 cm³/mol. The van der Waals surface area contributed by atoms with Gasteiger partial charge in [0.25, 0.3) is 0 Å². The summed E-state index contributed by atoms with van der Waals surface area (Å²) in [4.78, 5) is 0. The molecule has 0 bridgehead atoms. The Morgan fingerprint density at radius 1 is 0.706 bits per heavy atom. The lowest BCUT2D eigenvalue weighted by Gasteiger charge is -2.33. The SMILES string of the molecule is CCCCCCCCCCCCCCCCCCO[C@H]1[C@H]2OC3(CCCCC3)O[C@H]2O[C@@H]1CO. The van der Waals surface area contributed by atoms with E-state index < -0.39 is 5.79 Å². The average molecular weight is 483 g/mol. The third kappa shape index (κ3) is 9.35. The van der Waals surface area contributed by atoms with Gasteiger partial charge in [-0.15, -0.1) is 0 Å². The van der Waals surface area contributed by atoms with E-state index in [1.165, 1.54) is 103 Å². The van der Waals surface area contributed by atoms with Gasteiger partial charge in [-0.1, -0.05) is 110 Å². The van der Waals surface area contributed by atoms with Crippen molar-refractivity contribution in [1.29, 1.82) is 0 Å². The summed E-state index contributed by atoms with van der Waals surface area (Å²) in [6, 6.07) is 0. The molecule has 0 aromatic rings. The van der Waals surface area contributed by atoms with E-state index in [4.69, 9.17) is 18.9 Å². The number of hydrogen-bond acceptors (Lipinski definition) is 5. The topological polar surface area (TPSA) is 57.2 Å². The lowest BCUT2D eigenvalue weighted by Crippen LogP contribution is -2.41. The maximum Gasteiger partial charge on any atom is 0.190 e. The smallest absolute Gasteiger partial charge is 0.190 e. The van der Waals surface area contributed by atoms with Crippen molar-refractivity contribution in [2.24, 2.45) is 0 Å². The molecule has 3 rings (SSSR count). The van der Waals surface area contributed by atoms with E-state index in [2.05, 4.69) is 6.92 Å². The van der Waals surface area contributed by atoms with E-state index in [9.17, 15) is 5.11 Å². The molecule has 2 heterocycles. The van der Waals surface area contributed by atoms with Crippen LogP contribution in [0, 0.1) is 0 Å². The second-order valence-electron chi connectivity index (χ2n) is 11.0. The van der Waals surface area contributed by atoms with Crippen molar-refractivity contribution in [3.63, 3.8) is 0 Å². The lowest BCUT2D eigenvalue weighted by atomic mass is 9.94. The van der Waals surface area contributed by atoms with Crippen LogP contribution < -0.4 is 0 Å². The highest BCUT2D eigenvalue weighted by Crippen LogP contribution is 2.45. The van der Waals surface area contributed by atoms with Crippen LogP contribution in [-0.4, -0.2) is 48.7 Å². The first kappa shape index (κ1) is 28.4. The Morgan fingerprint density at radius 2 is 1.24 bits per heavy atom. The Kier molecular flexibility index (Phi) is 13.8. The normalized spacial score (nSPS) is 28.1. The van der Waals surface area contributed by atoms with Gasteiger partial charge in [-0.05, 0) is 19.3 Å². The van der Waals surface area contributed by atoms with Gasteiger partial charge >= 0.3 is 0 Å². The quantitative estimate of drug-likeness (QED) is 0.194. The molecule has 3 fully saturated rings. The average Bonchev–Trinajstić information content (AvgIpc) is 3.35. The van der Waals surface area contributed by atoms with Gasteiger partial charge in [-0.2, -0.15) is 0 Å². The van der Waals surface area contributed by atoms with Crippen molar-refractivity contribution in [3.05, 3.63) is 0 Å². The molecule has 3 aliphatic rings. The van der Waals surface area contributed by atoms with Crippen LogP contribution >= 0.6 is 0 Å². The maximum absolute atomic E-state index is 9.72. The van der Waals surface area contributed by atoms with E-state index in [-0.39, 0.29) is 31.2 Å². The zero-order valence-electron chi connectivity index (χ0n) is 22.2. The summed E-state index contributed by atoms with van der Waals surface area (Å²) in [5, 5.41) is 9.72. The zero-order valence-corrected chi connectivity index (χ0v) is 22.2.